The quantitative estimate of drug-likeness (QED) is 0.614. The summed E-state index contributed by atoms with van der Waals surface area (Å²) in [5, 5.41) is 9.16. The third-order valence-corrected chi connectivity index (χ3v) is 2.44. The van der Waals surface area contributed by atoms with Crippen LogP contribution in [0.4, 0.5) is 0 Å². The summed E-state index contributed by atoms with van der Waals surface area (Å²) in [6, 6.07) is 0. The third kappa shape index (κ3) is 7.97. The average Bonchev–Trinajstić information content (AvgIpc) is 2.11. The maximum atomic E-state index is 11.7. The van der Waals surface area contributed by atoms with Crippen LogP contribution in [0.3, 0.4) is 0 Å². The van der Waals surface area contributed by atoms with E-state index in [1.807, 2.05) is 20.8 Å². The van der Waals surface area contributed by atoms with Crippen molar-refractivity contribution in [1.82, 2.24) is 0 Å². The zero-order chi connectivity index (χ0) is 14.0. The Hall–Kier alpha value is 0.792. The van der Waals surface area contributed by atoms with Crippen molar-refractivity contribution < 1.29 is 68.2 Å². The molecule has 0 aliphatic carbocycles. The van der Waals surface area contributed by atoms with Gasteiger partial charge in [-0.3, -0.25) is 4.79 Å². The second-order valence-electron chi connectivity index (χ2n) is 6.09. The van der Waals surface area contributed by atoms with E-state index >= 15 is 0 Å². The van der Waals surface area contributed by atoms with Gasteiger partial charge >= 0.3 is 5.97 Å². The molecule has 2 atom stereocenters. The molecule has 0 aromatic heterocycles. The molecule has 6 heteroatoms. The van der Waals surface area contributed by atoms with Crippen LogP contribution in [0.25, 0.3) is 0 Å². The van der Waals surface area contributed by atoms with E-state index in [0.717, 1.165) is 0 Å². The van der Waals surface area contributed by atoms with Gasteiger partial charge in [0.2, 0.25) is 0 Å². The van der Waals surface area contributed by atoms with Crippen LogP contribution in [-0.2, 0) is 19.0 Å². The first-order valence-electron chi connectivity index (χ1n) is 6.29. The molecule has 2 unspecified atom stereocenters. The summed E-state index contributed by atoms with van der Waals surface area (Å²) in [6.07, 6.45) is 0.113. The van der Waals surface area contributed by atoms with Crippen LogP contribution < -0.4 is 0 Å². The van der Waals surface area contributed by atoms with Crippen molar-refractivity contribution in [2.75, 3.05) is 6.61 Å². The van der Waals surface area contributed by atoms with Gasteiger partial charge in [0.05, 0.1) is 25.2 Å². The maximum Gasteiger partial charge on any atom is 0.308 e. The molecule has 19 heavy (non-hydrogen) atoms. The molecule has 0 spiro atoms. The number of rotatable bonds is 3. The van der Waals surface area contributed by atoms with Crippen LogP contribution >= 0.6 is 0 Å². The molecular weight excluding hydrogens is 463 g/mol. The van der Waals surface area contributed by atoms with Gasteiger partial charge < -0.3 is 19.3 Å². The molecule has 0 bridgehead atoms. The van der Waals surface area contributed by atoms with Gasteiger partial charge in [0.15, 0.2) is 5.79 Å². The number of hydrogen-bond donors (Lipinski definition) is 1. The van der Waals surface area contributed by atoms with Crippen molar-refractivity contribution in [3.05, 3.63) is 0 Å². The number of hydrogen-bond acceptors (Lipinski definition) is 5. The molecule has 1 aliphatic heterocycles. The fourth-order valence-electron chi connectivity index (χ4n) is 2.03. The molecule has 109 valence electrons. The Bertz CT molecular complexity index is 298. The van der Waals surface area contributed by atoms with Gasteiger partial charge in [-0.1, -0.05) is 0 Å². The fraction of sp³-hybridized carbons (Fsp3) is 0.923. The molecule has 0 amide bonds. The second-order valence-corrected chi connectivity index (χ2v) is 6.09. The zero-order valence-corrected chi connectivity index (χ0v) is 17.2. The summed E-state index contributed by atoms with van der Waals surface area (Å²) in [7, 11) is 0. The monoisotopic (exact) mass is 487 g/mol. The van der Waals surface area contributed by atoms with Gasteiger partial charge in [-0.2, -0.15) is 0 Å². The van der Waals surface area contributed by atoms with E-state index in [1.165, 1.54) is 0 Å². The summed E-state index contributed by atoms with van der Waals surface area (Å²) >= 11 is 0. The molecule has 0 aromatic carbocycles. The molecular formula is C13H24AcO5. The summed E-state index contributed by atoms with van der Waals surface area (Å²) in [5.74, 6) is -1.07. The first-order valence-corrected chi connectivity index (χ1v) is 6.29. The van der Waals surface area contributed by atoms with Crippen LogP contribution in [0.2, 0.25) is 0 Å². The van der Waals surface area contributed by atoms with Gasteiger partial charge in [-0.25, -0.2) is 0 Å². The van der Waals surface area contributed by atoms with Crippen molar-refractivity contribution in [3.8, 4) is 0 Å². The van der Waals surface area contributed by atoms with Crippen LogP contribution in [-0.4, -0.2) is 41.3 Å². The SMILES string of the molecule is CC(C)(C)OC(=O)CC1CC(CO)OC(C)(C)O1.[Ac]. The third-order valence-electron chi connectivity index (χ3n) is 2.44. The minimum absolute atomic E-state index is 0. The Morgan fingerprint density at radius 2 is 1.84 bits per heavy atom. The molecule has 1 N–H and O–H groups in total. The van der Waals surface area contributed by atoms with E-state index in [9.17, 15) is 4.79 Å². The van der Waals surface area contributed by atoms with Gasteiger partial charge in [-0.05, 0) is 34.6 Å². The largest absolute Gasteiger partial charge is 0.460 e. The standard InChI is InChI=1S/C13H24O5.Ac/c1-12(2,3)18-11(15)7-9-6-10(8-14)17-13(4,5)16-9;/h9-10,14H,6-8H2,1-5H3;. The Morgan fingerprint density at radius 3 is 2.32 bits per heavy atom. The van der Waals surface area contributed by atoms with E-state index in [1.54, 1.807) is 13.8 Å². The van der Waals surface area contributed by atoms with Crippen molar-refractivity contribution in [3.63, 3.8) is 0 Å². The van der Waals surface area contributed by atoms with E-state index in [0.29, 0.717) is 6.42 Å². The predicted octanol–water partition coefficient (Wildman–Crippen LogP) is 1.62. The van der Waals surface area contributed by atoms with E-state index in [2.05, 4.69) is 0 Å². The number of carbonyl (C=O) groups excluding carboxylic acids is 1. The number of esters is 1. The summed E-state index contributed by atoms with van der Waals surface area (Å²) < 4.78 is 16.4. The Balaban J connectivity index is 0.00000324. The maximum absolute atomic E-state index is 11.7. The van der Waals surface area contributed by atoms with Crippen LogP contribution in [0, 0.1) is 44.1 Å². The molecule has 5 nitrogen and oxygen atoms in total. The number of aliphatic hydroxyl groups excluding tert-OH is 1. The minimum atomic E-state index is -0.779. The first-order chi connectivity index (χ1) is 8.11. The van der Waals surface area contributed by atoms with E-state index in [-0.39, 0.29) is 75.3 Å². The molecule has 1 rings (SSSR count). The summed E-state index contributed by atoms with van der Waals surface area (Å²) in [6.45, 7) is 8.97. The molecule has 1 saturated heterocycles. The number of ether oxygens (including phenoxy) is 3. The summed E-state index contributed by atoms with van der Waals surface area (Å²) in [4.78, 5) is 11.7. The Kier molecular flexibility index (Phi) is 8.02. The van der Waals surface area contributed by atoms with Crippen molar-refractivity contribution in [2.24, 2.45) is 0 Å². The molecule has 1 radical (unpaired) electrons. The first kappa shape index (κ1) is 19.8. The van der Waals surface area contributed by atoms with Crippen molar-refractivity contribution >= 4 is 5.97 Å². The number of carbonyl (C=O) groups is 1. The summed E-state index contributed by atoms with van der Waals surface area (Å²) in [5.41, 5.74) is -0.492. The molecule has 1 heterocycles. The minimum Gasteiger partial charge on any atom is -0.460 e. The molecule has 1 aliphatic rings. The van der Waals surface area contributed by atoms with Gasteiger partial charge in [0.1, 0.15) is 5.60 Å². The average molecular weight is 487 g/mol. The molecule has 0 aromatic rings. The van der Waals surface area contributed by atoms with Gasteiger partial charge in [-0.15, -0.1) is 0 Å². The Morgan fingerprint density at radius 1 is 1.32 bits per heavy atom. The van der Waals surface area contributed by atoms with Crippen LogP contribution in [0.5, 0.6) is 0 Å². The topological polar surface area (TPSA) is 65.0 Å². The zero-order valence-electron chi connectivity index (χ0n) is 12.4. The van der Waals surface area contributed by atoms with Gasteiger partial charge in [0.25, 0.3) is 0 Å². The molecule has 1 fully saturated rings. The van der Waals surface area contributed by atoms with Crippen LogP contribution in [0.15, 0.2) is 0 Å². The van der Waals surface area contributed by atoms with E-state index < -0.39 is 11.4 Å². The smallest absolute Gasteiger partial charge is 0.308 e. The van der Waals surface area contributed by atoms with Crippen molar-refractivity contribution in [1.29, 1.82) is 0 Å². The normalized spacial score (nSPS) is 26.4. The second kappa shape index (κ2) is 7.70. The number of aliphatic hydroxyl groups is 1. The molecule has 0 saturated carbocycles. The van der Waals surface area contributed by atoms with Crippen molar-refractivity contribution in [2.45, 2.75) is 71.1 Å². The Labute approximate surface area is 150 Å². The van der Waals surface area contributed by atoms with E-state index in [4.69, 9.17) is 19.3 Å². The van der Waals surface area contributed by atoms with Crippen LogP contribution in [0.1, 0.15) is 47.5 Å². The fourth-order valence-corrected chi connectivity index (χ4v) is 2.03. The van der Waals surface area contributed by atoms with Gasteiger partial charge in [0, 0.05) is 50.5 Å². The predicted molar refractivity (Wildman–Crippen MR) is 66.0 cm³/mol.